The maximum absolute atomic E-state index is 8.41. The molecule has 0 bridgehead atoms. The molecule has 0 saturated carbocycles. The molecule has 0 aromatic carbocycles. The Morgan fingerprint density at radius 3 is 2.90 bits per heavy atom. The average molecular weight is 154 g/mol. The summed E-state index contributed by atoms with van der Waals surface area (Å²) in [5.41, 5.74) is 6.16. The standard InChI is InChI=1S/C5H6N4S/c1-3-5(4(7)2-6)10-9-8-3/h4H,7H2,1H3. The number of hydrogen-bond donors (Lipinski definition) is 1. The van der Waals surface area contributed by atoms with Gasteiger partial charge in [0.2, 0.25) is 0 Å². The first kappa shape index (κ1) is 7.12. The third-order valence-corrected chi connectivity index (χ3v) is 2.02. The van der Waals surface area contributed by atoms with E-state index in [1.54, 1.807) is 6.92 Å². The van der Waals surface area contributed by atoms with Crippen molar-refractivity contribution in [2.75, 3.05) is 0 Å². The first-order chi connectivity index (χ1) is 4.75. The first-order valence-corrected chi connectivity index (χ1v) is 3.47. The minimum atomic E-state index is -0.569. The molecule has 4 nitrogen and oxygen atoms in total. The Kier molecular flexibility index (Phi) is 1.94. The molecule has 0 spiro atoms. The highest BCUT2D eigenvalue weighted by molar-refractivity contribution is 7.05. The minimum Gasteiger partial charge on any atom is -0.311 e. The van der Waals surface area contributed by atoms with Gasteiger partial charge in [0.15, 0.2) is 0 Å². The number of aromatic nitrogens is 2. The van der Waals surface area contributed by atoms with Gasteiger partial charge in [-0.3, -0.25) is 0 Å². The van der Waals surface area contributed by atoms with Crippen LogP contribution in [0.2, 0.25) is 0 Å². The van der Waals surface area contributed by atoms with Gasteiger partial charge in [-0.25, -0.2) is 0 Å². The molecular weight excluding hydrogens is 148 g/mol. The van der Waals surface area contributed by atoms with Crippen molar-refractivity contribution in [3.05, 3.63) is 10.6 Å². The van der Waals surface area contributed by atoms with Gasteiger partial charge in [-0.2, -0.15) is 5.26 Å². The minimum absolute atomic E-state index is 0.569. The molecule has 0 aliphatic carbocycles. The largest absolute Gasteiger partial charge is 0.311 e. The van der Waals surface area contributed by atoms with E-state index in [4.69, 9.17) is 11.0 Å². The van der Waals surface area contributed by atoms with Gasteiger partial charge < -0.3 is 5.73 Å². The number of nitriles is 1. The Bertz CT molecular complexity index is 261. The van der Waals surface area contributed by atoms with Crippen molar-refractivity contribution < 1.29 is 0 Å². The lowest BCUT2D eigenvalue weighted by molar-refractivity contribution is 0.924. The number of rotatable bonds is 1. The second-order valence-electron chi connectivity index (χ2n) is 1.83. The molecule has 0 fully saturated rings. The highest BCUT2D eigenvalue weighted by atomic mass is 32.1. The lowest BCUT2D eigenvalue weighted by atomic mass is 10.2. The molecule has 1 aromatic heterocycles. The predicted octanol–water partition coefficient (Wildman–Crippen LogP) is 0.370. The lowest BCUT2D eigenvalue weighted by Gasteiger charge is -1.94. The Balaban J connectivity index is 2.96. The average Bonchev–Trinajstić information content (AvgIpc) is 2.34. The fourth-order valence-corrected chi connectivity index (χ4v) is 1.17. The van der Waals surface area contributed by atoms with E-state index in [1.807, 2.05) is 6.07 Å². The molecule has 5 heteroatoms. The van der Waals surface area contributed by atoms with Crippen LogP contribution >= 0.6 is 11.5 Å². The molecule has 1 rings (SSSR count). The monoisotopic (exact) mass is 154 g/mol. The SMILES string of the molecule is Cc1nnsc1C(N)C#N. The summed E-state index contributed by atoms with van der Waals surface area (Å²) in [5, 5.41) is 12.1. The summed E-state index contributed by atoms with van der Waals surface area (Å²) in [6.45, 7) is 1.79. The van der Waals surface area contributed by atoms with E-state index in [9.17, 15) is 0 Å². The van der Waals surface area contributed by atoms with Crippen LogP contribution < -0.4 is 5.73 Å². The van der Waals surface area contributed by atoms with Crippen molar-refractivity contribution >= 4 is 11.5 Å². The summed E-state index contributed by atoms with van der Waals surface area (Å²) in [6.07, 6.45) is 0. The van der Waals surface area contributed by atoms with E-state index in [0.717, 1.165) is 10.6 Å². The van der Waals surface area contributed by atoms with Crippen LogP contribution in [0.3, 0.4) is 0 Å². The number of aryl methyl sites for hydroxylation is 1. The van der Waals surface area contributed by atoms with Gasteiger partial charge in [-0.15, -0.1) is 5.10 Å². The third kappa shape index (κ3) is 1.12. The van der Waals surface area contributed by atoms with Crippen LogP contribution in [0.5, 0.6) is 0 Å². The van der Waals surface area contributed by atoms with Crippen LogP contribution in [-0.4, -0.2) is 9.59 Å². The molecule has 10 heavy (non-hydrogen) atoms. The van der Waals surface area contributed by atoms with Crippen LogP contribution in [0.4, 0.5) is 0 Å². The molecule has 0 aliphatic heterocycles. The maximum Gasteiger partial charge on any atom is 0.131 e. The second kappa shape index (κ2) is 2.73. The molecule has 1 atom stereocenters. The van der Waals surface area contributed by atoms with Crippen LogP contribution in [0.15, 0.2) is 0 Å². The van der Waals surface area contributed by atoms with E-state index in [0.29, 0.717) is 0 Å². The number of nitrogens with two attached hydrogens (primary N) is 1. The highest BCUT2D eigenvalue weighted by Gasteiger charge is 2.10. The van der Waals surface area contributed by atoms with Crippen LogP contribution in [-0.2, 0) is 0 Å². The lowest BCUT2D eigenvalue weighted by Crippen LogP contribution is -2.06. The Morgan fingerprint density at radius 1 is 1.80 bits per heavy atom. The maximum atomic E-state index is 8.41. The summed E-state index contributed by atoms with van der Waals surface area (Å²) >= 11 is 1.17. The molecule has 0 saturated heterocycles. The zero-order valence-electron chi connectivity index (χ0n) is 5.40. The van der Waals surface area contributed by atoms with Crippen molar-refractivity contribution in [3.8, 4) is 6.07 Å². The van der Waals surface area contributed by atoms with Crippen molar-refractivity contribution in [1.29, 1.82) is 5.26 Å². The summed E-state index contributed by atoms with van der Waals surface area (Å²) in [7, 11) is 0. The number of hydrogen-bond acceptors (Lipinski definition) is 5. The van der Waals surface area contributed by atoms with Crippen LogP contribution in [0.25, 0.3) is 0 Å². The zero-order chi connectivity index (χ0) is 7.56. The van der Waals surface area contributed by atoms with Gasteiger partial charge in [0, 0.05) is 0 Å². The summed E-state index contributed by atoms with van der Waals surface area (Å²) in [6, 6.07) is 1.35. The molecule has 1 heterocycles. The fraction of sp³-hybridized carbons (Fsp3) is 0.400. The smallest absolute Gasteiger partial charge is 0.131 e. The zero-order valence-corrected chi connectivity index (χ0v) is 6.22. The predicted molar refractivity (Wildman–Crippen MR) is 37.2 cm³/mol. The molecule has 0 radical (unpaired) electrons. The van der Waals surface area contributed by atoms with Crippen LogP contribution in [0.1, 0.15) is 16.6 Å². The van der Waals surface area contributed by atoms with Crippen LogP contribution in [0, 0.1) is 18.3 Å². The number of nitrogens with zero attached hydrogens (tertiary/aromatic N) is 3. The van der Waals surface area contributed by atoms with E-state index >= 15 is 0 Å². The van der Waals surface area contributed by atoms with Crippen molar-refractivity contribution in [3.63, 3.8) is 0 Å². The summed E-state index contributed by atoms with van der Waals surface area (Å²) < 4.78 is 3.65. The molecule has 1 unspecified atom stereocenters. The molecule has 0 aliphatic rings. The van der Waals surface area contributed by atoms with Gasteiger partial charge in [-0.05, 0) is 18.5 Å². The van der Waals surface area contributed by atoms with Crippen molar-refractivity contribution in [2.45, 2.75) is 13.0 Å². The van der Waals surface area contributed by atoms with E-state index in [2.05, 4.69) is 9.59 Å². The topological polar surface area (TPSA) is 75.6 Å². The molecule has 52 valence electrons. The Labute approximate surface area is 62.4 Å². The molecular formula is C5H6N4S. The van der Waals surface area contributed by atoms with Crippen molar-refractivity contribution in [2.24, 2.45) is 5.73 Å². The molecule has 2 N–H and O–H groups in total. The quantitative estimate of drug-likeness (QED) is 0.634. The third-order valence-electron chi connectivity index (χ3n) is 1.11. The Morgan fingerprint density at radius 2 is 2.50 bits per heavy atom. The van der Waals surface area contributed by atoms with Gasteiger partial charge in [0.05, 0.1) is 16.6 Å². The fourth-order valence-electron chi connectivity index (χ4n) is 0.581. The highest BCUT2D eigenvalue weighted by Crippen LogP contribution is 2.15. The van der Waals surface area contributed by atoms with Gasteiger partial charge in [0.1, 0.15) is 6.04 Å². The summed E-state index contributed by atoms with van der Waals surface area (Å²) in [5.74, 6) is 0. The summed E-state index contributed by atoms with van der Waals surface area (Å²) in [4.78, 5) is 0.752. The van der Waals surface area contributed by atoms with Crippen molar-refractivity contribution in [1.82, 2.24) is 9.59 Å². The van der Waals surface area contributed by atoms with Gasteiger partial charge in [0.25, 0.3) is 0 Å². The normalized spacial score (nSPS) is 12.5. The van der Waals surface area contributed by atoms with Gasteiger partial charge in [-0.1, -0.05) is 4.49 Å². The molecule has 0 amide bonds. The van der Waals surface area contributed by atoms with E-state index in [-0.39, 0.29) is 0 Å². The molecule has 1 aromatic rings. The second-order valence-corrected chi connectivity index (χ2v) is 2.62. The first-order valence-electron chi connectivity index (χ1n) is 2.69. The van der Waals surface area contributed by atoms with Gasteiger partial charge >= 0.3 is 0 Å². The Hall–Kier alpha value is -0.990. The van der Waals surface area contributed by atoms with E-state index in [1.165, 1.54) is 11.5 Å². The van der Waals surface area contributed by atoms with E-state index < -0.39 is 6.04 Å².